The number of ether oxygens (including phenoxy) is 1. The highest BCUT2D eigenvalue weighted by molar-refractivity contribution is 5.94. The minimum atomic E-state index is -0.381. The van der Waals surface area contributed by atoms with E-state index in [1.807, 2.05) is 0 Å². The molecule has 1 saturated heterocycles. The molecule has 16 heavy (non-hydrogen) atoms. The Bertz CT molecular complexity index is 377. The molecule has 0 bridgehead atoms. The average Bonchev–Trinajstić information content (AvgIpc) is 2.87. The molecule has 1 aromatic heterocycles. The van der Waals surface area contributed by atoms with Crippen LogP contribution in [-0.2, 0) is 16.6 Å². The highest BCUT2D eigenvalue weighted by Gasteiger charge is 2.29. The van der Waals surface area contributed by atoms with Gasteiger partial charge in [0.15, 0.2) is 0 Å². The Morgan fingerprint density at radius 1 is 1.75 bits per heavy atom. The summed E-state index contributed by atoms with van der Waals surface area (Å²) in [4.78, 5) is 11.8. The van der Waals surface area contributed by atoms with Crippen molar-refractivity contribution < 1.29 is 9.53 Å². The van der Waals surface area contributed by atoms with Crippen LogP contribution in [0.2, 0.25) is 0 Å². The minimum absolute atomic E-state index is 0.0182. The van der Waals surface area contributed by atoms with Crippen LogP contribution in [0.4, 0.5) is 5.69 Å². The molecular formula is C10H16N4O2. The van der Waals surface area contributed by atoms with E-state index < -0.39 is 0 Å². The number of nitrogens with zero attached hydrogens (tertiary/aromatic N) is 2. The number of aromatic nitrogens is 2. The largest absolute Gasteiger partial charge is 0.364 e. The summed E-state index contributed by atoms with van der Waals surface area (Å²) in [5.41, 5.74) is 6.17. The van der Waals surface area contributed by atoms with Crippen molar-refractivity contribution in [3.8, 4) is 0 Å². The summed E-state index contributed by atoms with van der Waals surface area (Å²) in [6.45, 7) is 0.469. The third kappa shape index (κ3) is 2.40. The predicted molar refractivity (Wildman–Crippen MR) is 58.8 cm³/mol. The quantitative estimate of drug-likeness (QED) is 0.749. The molecule has 1 aromatic rings. The van der Waals surface area contributed by atoms with Gasteiger partial charge in [-0.05, 0) is 12.8 Å². The first-order chi connectivity index (χ1) is 7.69. The standard InChI is InChI=1S/C10H16N4O2/c1-14-6-7(5-12-14)13-10(15)9-3-2-8(4-11)16-9/h5-6,8-9H,2-4,11H2,1H3,(H,13,15). The number of carbonyl (C=O) groups is 1. The SMILES string of the molecule is Cn1cc(NC(=O)C2CCC(CN)O2)cn1. The maximum atomic E-state index is 11.8. The van der Waals surface area contributed by atoms with Gasteiger partial charge in [-0.15, -0.1) is 0 Å². The molecule has 0 radical (unpaired) electrons. The highest BCUT2D eigenvalue weighted by atomic mass is 16.5. The predicted octanol–water partition coefficient (Wildman–Crippen LogP) is -0.135. The van der Waals surface area contributed by atoms with Crippen LogP contribution in [0.5, 0.6) is 0 Å². The molecular weight excluding hydrogens is 208 g/mol. The molecule has 1 fully saturated rings. The summed E-state index contributed by atoms with van der Waals surface area (Å²) in [7, 11) is 1.80. The smallest absolute Gasteiger partial charge is 0.253 e. The second kappa shape index (κ2) is 4.63. The van der Waals surface area contributed by atoms with E-state index in [0.29, 0.717) is 12.2 Å². The Morgan fingerprint density at radius 2 is 2.56 bits per heavy atom. The Morgan fingerprint density at radius 3 is 3.12 bits per heavy atom. The zero-order valence-electron chi connectivity index (χ0n) is 9.22. The second-order valence-electron chi connectivity index (χ2n) is 3.95. The summed E-state index contributed by atoms with van der Waals surface area (Å²) in [5.74, 6) is -0.121. The number of aryl methyl sites for hydroxylation is 1. The van der Waals surface area contributed by atoms with Crippen LogP contribution in [0.1, 0.15) is 12.8 Å². The van der Waals surface area contributed by atoms with Crippen molar-refractivity contribution in [3.63, 3.8) is 0 Å². The number of carbonyl (C=O) groups excluding carboxylic acids is 1. The van der Waals surface area contributed by atoms with Gasteiger partial charge < -0.3 is 15.8 Å². The van der Waals surface area contributed by atoms with Gasteiger partial charge in [-0.2, -0.15) is 5.10 Å². The maximum absolute atomic E-state index is 11.8. The number of rotatable bonds is 3. The van der Waals surface area contributed by atoms with Crippen LogP contribution < -0.4 is 11.1 Å². The number of hydrogen-bond acceptors (Lipinski definition) is 4. The van der Waals surface area contributed by atoms with Gasteiger partial charge in [-0.3, -0.25) is 9.48 Å². The summed E-state index contributed by atoms with van der Waals surface area (Å²) >= 11 is 0. The van der Waals surface area contributed by atoms with Crippen LogP contribution in [-0.4, -0.2) is 34.4 Å². The van der Waals surface area contributed by atoms with E-state index in [1.165, 1.54) is 0 Å². The van der Waals surface area contributed by atoms with Crippen molar-refractivity contribution >= 4 is 11.6 Å². The first-order valence-corrected chi connectivity index (χ1v) is 5.34. The molecule has 0 aliphatic carbocycles. The molecule has 2 heterocycles. The van der Waals surface area contributed by atoms with E-state index >= 15 is 0 Å². The van der Waals surface area contributed by atoms with E-state index in [1.54, 1.807) is 24.1 Å². The molecule has 2 atom stereocenters. The fourth-order valence-electron chi connectivity index (χ4n) is 1.78. The number of nitrogens with two attached hydrogens (primary N) is 1. The third-order valence-corrected chi connectivity index (χ3v) is 2.64. The molecule has 6 nitrogen and oxygen atoms in total. The monoisotopic (exact) mass is 224 g/mol. The Kier molecular flexibility index (Phi) is 3.21. The number of nitrogens with one attached hydrogen (secondary N) is 1. The van der Waals surface area contributed by atoms with E-state index in [0.717, 1.165) is 12.8 Å². The third-order valence-electron chi connectivity index (χ3n) is 2.64. The highest BCUT2D eigenvalue weighted by Crippen LogP contribution is 2.20. The fraction of sp³-hybridized carbons (Fsp3) is 0.600. The molecule has 6 heteroatoms. The van der Waals surface area contributed by atoms with Crippen molar-refractivity contribution in [1.29, 1.82) is 0 Å². The zero-order valence-corrected chi connectivity index (χ0v) is 9.22. The lowest BCUT2D eigenvalue weighted by molar-refractivity contribution is -0.126. The minimum Gasteiger partial charge on any atom is -0.364 e. The molecule has 0 saturated carbocycles. The molecule has 2 unspecified atom stereocenters. The topological polar surface area (TPSA) is 82.2 Å². The van der Waals surface area contributed by atoms with E-state index in [4.69, 9.17) is 10.5 Å². The van der Waals surface area contributed by atoms with Crippen molar-refractivity contribution in [3.05, 3.63) is 12.4 Å². The van der Waals surface area contributed by atoms with Crippen LogP contribution in [0, 0.1) is 0 Å². The second-order valence-corrected chi connectivity index (χ2v) is 3.95. The first-order valence-electron chi connectivity index (χ1n) is 5.34. The maximum Gasteiger partial charge on any atom is 0.253 e. The number of amides is 1. The van der Waals surface area contributed by atoms with E-state index in [2.05, 4.69) is 10.4 Å². The van der Waals surface area contributed by atoms with Gasteiger partial charge in [-0.1, -0.05) is 0 Å². The van der Waals surface area contributed by atoms with Gasteiger partial charge in [0.05, 0.1) is 18.0 Å². The van der Waals surface area contributed by atoms with E-state index in [9.17, 15) is 4.79 Å². The molecule has 3 N–H and O–H groups in total. The summed E-state index contributed by atoms with van der Waals surface area (Å²) in [6.07, 6.45) is 4.56. The van der Waals surface area contributed by atoms with Crippen LogP contribution in [0.25, 0.3) is 0 Å². The van der Waals surface area contributed by atoms with Crippen molar-refractivity contribution in [1.82, 2.24) is 9.78 Å². The molecule has 2 rings (SSSR count). The van der Waals surface area contributed by atoms with Crippen LogP contribution in [0.15, 0.2) is 12.4 Å². The molecule has 1 aliphatic rings. The van der Waals surface area contributed by atoms with E-state index in [-0.39, 0.29) is 18.1 Å². The molecule has 0 aromatic carbocycles. The summed E-state index contributed by atoms with van der Waals surface area (Å²) < 4.78 is 7.12. The van der Waals surface area contributed by atoms with Gasteiger partial charge in [0.25, 0.3) is 5.91 Å². The lowest BCUT2D eigenvalue weighted by Crippen LogP contribution is -2.29. The van der Waals surface area contributed by atoms with Gasteiger partial charge >= 0.3 is 0 Å². The van der Waals surface area contributed by atoms with Gasteiger partial charge in [0.1, 0.15) is 6.10 Å². The molecule has 88 valence electrons. The van der Waals surface area contributed by atoms with Crippen molar-refractivity contribution in [2.24, 2.45) is 12.8 Å². The van der Waals surface area contributed by atoms with Crippen molar-refractivity contribution in [2.45, 2.75) is 25.0 Å². The van der Waals surface area contributed by atoms with Gasteiger partial charge in [-0.25, -0.2) is 0 Å². The lowest BCUT2D eigenvalue weighted by Gasteiger charge is -2.11. The number of hydrogen-bond donors (Lipinski definition) is 2. The summed E-state index contributed by atoms with van der Waals surface area (Å²) in [5, 5.41) is 6.73. The van der Waals surface area contributed by atoms with Crippen LogP contribution >= 0.6 is 0 Å². The lowest BCUT2D eigenvalue weighted by atomic mass is 10.2. The van der Waals surface area contributed by atoms with Crippen molar-refractivity contribution in [2.75, 3.05) is 11.9 Å². The summed E-state index contributed by atoms with van der Waals surface area (Å²) in [6, 6.07) is 0. The Labute approximate surface area is 93.8 Å². The zero-order chi connectivity index (χ0) is 11.5. The Hall–Kier alpha value is -1.40. The van der Waals surface area contributed by atoms with Gasteiger partial charge in [0.2, 0.25) is 0 Å². The Balaban J connectivity index is 1.89. The molecule has 0 spiro atoms. The van der Waals surface area contributed by atoms with Gasteiger partial charge in [0, 0.05) is 19.8 Å². The average molecular weight is 224 g/mol. The fourth-order valence-corrected chi connectivity index (χ4v) is 1.78. The first kappa shape index (κ1) is 11.1. The molecule has 1 amide bonds. The normalized spacial score (nSPS) is 24.6. The molecule has 1 aliphatic heterocycles. The van der Waals surface area contributed by atoms with Crippen LogP contribution in [0.3, 0.4) is 0 Å². The number of anilines is 1.